The van der Waals surface area contributed by atoms with E-state index < -0.39 is 11.6 Å². The van der Waals surface area contributed by atoms with E-state index in [1.165, 1.54) is 6.07 Å². The molecule has 3 aromatic rings. The predicted octanol–water partition coefficient (Wildman–Crippen LogP) is 5.86. The molecule has 194 valence electrons. The number of hydrogen-bond acceptors (Lipinski definition) is 5. The van der Waals surface area contributed by atoms with E-state index in [-0.39, 0.29) is 30.0 Å². The summed E-state index contributed by atoms with van der Waals surface area (Å²) in [7, 11) is 0. The van der Waals surface area contributed by atoms with Gasteiger partial charge >= 0.3 is 0 Å². The van der Waals surface area contributed by atoms with Crippen molar-refractivity contribution >= 4 is 11.9 Å². The molecule has 0 bridgehead atoms. The van der Waals surface area contributed by atoms with Crippen LogP contribution in [0.2, 0.25) is 0 Å². The van der Waals surface area contributed by atoms with Crippen LogP contribution in [0.25, 0.3) is 0 Å². The molecule has 0 N–H and O–H groups in total. The number of amides is 1. The number of benzene rings is 2. The van der Waals surface area contributed by atoms with Gasteiger partial charge in [-0.05, 0) is 42.9 Å². The molecule has 2 aromatic carbocycles. The van der Waals surface area contributed by atoms with E-state index in [0.29, 0.717) is 36.8 Å². The molecule has 0 saturated carbocycles. The molecule has 1 amide bonds. The first kappa shape index (κ1) is 25.1. The van der Waals surface area contributed by atoms with Gasteiger partial charge in [0.2, 0.25) is 17.7 Å². The molecule has 2 aliphatic rings. The largest absolute Gasteiger partial charge is 0.435 e. The minimum atomic E-state index is -0.806. The topological polar surface area (TPSA) is 58.6 Å². The fraction of sp³-hybridized carbons (Fsp3) is 0.414. The fourth-order valence-corrected chi connectivity index (χ4v) is 5.11. The number of halogens is 2. The lowest BCUT2D eigenvalue weighted by Crippen LogP contribution is -2.40. The number of anilines is 1. The van der Waals surface area contributed by atoms with Gasteiger partial charge in [-0.25, -0.2) is 13.8 Å². The van der Waals surface area contributed by atoms with E-state index in [9.17, 15) is 13.6 Å². The highest BCUT2D eigenvalue weighted by Gasteiger charge is 2.32. The van der Waals surface area contributed by atoms with Crippen LogP contribution in [-0.4, -0.2) is 40.4 Å². The van der Waals surface area contributed by atoms with Gasteiger partial charge in [-0.2, -0.15) is 4.98 Å². The molecular weight excluding hydrogens is 474 g/mol. The van der Waals surface area contributed by atoms with Crippen molar-refractivity contribution in [2.45, 2.75) is 52.0 Å². The van der Waals surface area contributed by atoms with Crippen LogP contribution >= 0.6 is 0 Å². The van der Waals surface area contributed by atoms with Crippen LogP contribution in [0.1, 0.15) is 55.8 Å². The molecule has 37 heavy (non-hydrogen) atoms. The molecule has 1 saturated heterocycles. The number of fused-ring (bicyclic) bond motifs is 1. The Morgan fingerprint density at radius 2 is 1.84 bits per heavy atom. The smallest absolute Gasteiger partial charge is 0.230 e. The standard InChI is InChI=1S/C29H32F2N4O2/c1-3-22(20-7-5-4-6-8-20)28(36)35-16-13-25-23(18-35)27(37-26-10-9-21(30)17-24(26)31)33-29(32-25)34-14-11-19(2)12-15-34/h4-10,17,19,22H,3,11-16,18H2,1-2H3/t22-/m0/s1. The van der Waals surface area contributed by atoms with Crippen LogP contribution in [0.5, 0.6) is 11.6 Å². The summed E-state index contributed by atoms with van der Waals surface area (Å²) in [6.07, 6.45) is 3.32. The van der Waals surface area contributed by atoms with Crippen molar-refractivity contribution < 1.29 is 18.3 Å². The number of ether oxygens (including phenoxy) is 1. The molecule has 0 aliphatic carbocycles. The third-order valence-corrected chi connectivity index (χ3v) is 7.40. The zero-order valence-corrected chi connectivity index (χ0v) is 21.3. The Labute approximate surface area is 216 Å². The SMILES string of the molecule is CC[C@H](C(=O)N1CCc2nc(N3CCC(C)CC3)nc(Oc3ccc(F)cc3F)c2C1)c1ccccc1. The maximum absolute atomic E-state index is 14.5. The molecule has 0 unspecified atom stereocenters. The van der Waals surface area contributed by atoms with Crippen LogP contribution in [0.4, 0.5) is 14.7 Å². The number of carbonyl (C=O) groups excluding carboxylic acids is 1. The monoisotopic (exact) mass is 506 g/mol. The lowest BCUT2D eigenvalue weighted by molar-refractivity contribution is -0.133. The van der Waals surface area contributed by atoms with Crippen LogP contribution in [0.15, 0.2) is 48.5 Å². The predicted molar refractivity (Wildman–Crippen MR) is 138 cm³/mol. The number of carbonyl (C=O) groups is 1. The zero-order chi connectivity index (χ0) is 25.9. The summed E-state index contributed by atoms with van der Waals surface area (Å²) in [4.78, 5) is 27.1. The van der Waals surface area contributed by atoms with E-state index in [4.69, 9.17) is 14.7 Å². The second kappa shape index (κ2) is 10.8. The first-order valence-electron chi connectivity index (χ1n) is 13.0. The summed E-state index contributed by atoms with van der Waals surface area (Å²) in [5, 5.41) is 0. The summed E-state index contributed by atoms with van der Waals surface area (Å²) in [5.74, 6) is -0.397. The molecule has 1 atom stereocenters. The van der Waals surface area contributed by atoms with Gasteiger partial charge in [-0.1, -0.05) is 44.2 Å². The van der Waals surface area contributed by atoms with Crippen LogP contribution < -0.4 is 9.64 Å². The van der Waals surface area contributed by atoms with Crippen molar-refractivity contribution in [1.82, 2.24) is 14.9 Å². The number of piperidine rings is 1. The van der Waals surface area contributed by atoms with E-state index in [1.807, 2.05) is 42.2 Å². The van der Waals surface area contributed by atoms with E-state index >= 15 is 0 Å². The van der Waals surface area contributed by atoms with Crippen molar-refractivity contribution in [3.63, 3.8) is 0 Å². The Balaban J connectivity index is 1.47. The quantitative estimate of drug-likeness (QED) is 0.419. The lowest BCUT2D eigenvalue weighted by atomic mass is 9.94. The third kappa shape index (κ3) is 5.43. The number of nitrogens with zero attached hydrogens (tertiary/aromatic N) is 4. The highest BCUT2D eigenvalue weighted by Crippen LogP contribution is 2.35. The molecule has 2 aliphatic heterocycles. The molecule has 1 aromatic heterocycles. The van der Waals surface area contributed by atoms with Crippen molar-refractivity contribution in [2.75, 3.05) is 24.5 Å². The number of hydrogen-bond donors (Lipinski definition) is 0. The molecule has 3 heterocycles. The highest BCUT2D eigenvalue weighted by molar-refractivity contribution is 5.84. The van der Waals surface area contributed by atoms with Crippen molar-refractivity contribution in [2.24, 2.45) is 5.92 Å². The Morgan fingerprint density at radius 3 is 2.54 bits per heavy atom. The average Bonchev–Trinajstić information content (AvgIpc) is 2.91. The second-order valence-corrected chi connectivity index (χ2v) is 9.98. The fourth-order valence-electron chi connectivity index (χ4n) is 5.11. The maximum atomic E-state index is 14.5. The minimum absolute atomic E-state index is 0.0346. The molecule has 6 nitrogen and oxygen atoms in total. The van der Waals surface area contributed by atoms with Crippen molar-refractivity contribution in [1.29, 1.82) is 0 Å². The molecular formula is C29H32F2N4O2. The first-order valence-corrected chi connectivity index (χ1v) is 13.0. The Kier molecular flexibility index (Phi) is 7.35. The molecule has 1 fully saturated rings. The lowest BCUT2D eigenvalue weighted by Gasteiger charge is -2.34. The van der Waals surface area contributed by atoms with Gasteiger partial charge in [-0.3, -0.25) is 4.79 Å². The Bertz CT molecular complexity index is 1260. The molecule has 8 heteroatoms. The van der Waals surface area contributed by atoms with E-state index in [1.54, 1.807) is 0 Å². The average molecular weight is 507 g/mol. The summed E-state index contributed by atoms with van der Waals surface area (Å²) < 4.78 is 34.0. The van der Waals surface area contributed by atoms with Gasteiger partial charge in [0.25, 0.3) is 0 Å². The van der Waals surface area contributed by atoms with Crippen molar-refractivity contribution in [3.8, 4) is 11.6 Å². The number of rotatable bonds is 6. The van der Waals surface area contributed by atoms with Gasteiger partial charge in [-0.15, -0.1) is 0 Å². The Hall–Kier alpha value is -3.55. The minimum Gasteiger partial charge on any atom is -0.435 e. The highest BCUT2D eigenvalue weighted by atomic mass is 19.1. The van der Waals surface area contributed by atoms with Gasteiger partial charge in [0.1, 0.15) is 5.82 Å². The van der Waals surface area contributed by atoms with E-state index in [0.717, 1.165) is 49.3 Å². The van der Waals surface area contributed by atoms with Gasteiger partial charge in [0.15, 0.2) is 11.6 Å². The molecule has 0 spiro atoms. The third-order valence-electron chi connectivity index (χ3n) is 7.40. The van der Waals surface area contributed by atoms with Gasteiger partial charge in [0.05, 0.1) is 23.7 Å². The Morgan fingerprint density at radius 1 is 1.08 bits per heavy atom. The zero-order valence-electron chi connectivity index (χ0n) is 21.3. The van der Waals surface area contributed by atoms with E-state index in [2.05, 4.69) is 11.8 Å². The molecule has 0 radical (unpaired) electrons. The number of aromatic nitrogens is 2. The van der Waals surface area contributed by atoms with Crippen LogP contribution in [-0.2, 0) is 17.8 Å². The van der Waals surface area contributed by atoms with Crippen molar-refractivity contribution in [3.05, 3.63) is 77.0 Å². The molecule has 5 rings (SSSR count). The van der Waals surface area contributed by atoms with Crippen LogP contribution in [0, 0.1) is 17.6 Å². The summed E-state index contributed by atoms with van der Waals surface area (Å²) >= 11 is 0. The summed E-state index contributed by atoms with van der Waals surface area (Å²) in [5.41, 5.74) is 2.45. The summed E-state index contributed by atoms with van der Waals surface area (Å²) in [6.45, 7) is 6.73. The normalized spacial score (nSPS) is 16.9. The maximum Gasteiger partial charge on any atom is 0.230 e. The second-order valence-electron chi connectivity index (χ2n) is 9.98. The first-order chi connectivity index (χ1) is 17.9. The van der Waals surface area contributed by atoms with Gasteiger partial charge in [0, 0.05) is 32.1 Å². The summed E-state index contributed by atoms with van der Waals surface area (Å²) in [6, 6.07) is 13.0. The van der Waals surface area contributed by atoms with Crippen LogP contribution in [0.3, 0.4) is 0 Å². The van der Waals surface area contributed by atoms with Gasteiger partial charge < -0.3 is 14.5 Å².